The summed E-state index contributed by atoms with van der Waals surface area (Å²) < 4.78 is 47.0. The van der Waals surface area contributed by atoms with Gasteiger partial charge in [0.1, 0.15) is 11.6 Å². The molecule has 192 valence electrons. The van der Waals surface area contributed by atoms with E-state index in [0.717, 1.165) is 5.56 Å². The molecule has 1 fully saturated rings. The van der Waals surface area contributed by atoms with Crippen LogP contribution in [0.4, 0.5) is 4.39 Å². The molecule has 0 atom stereocenters. The second-order valence-corrected chi connectivity index (χ2v) is 10.6. The first-order chi connectivity index (χ1) is 17.8. The standard InChI is InChI=1S/C24H23FN6O5S/c1-36-24(33)17-4-8-19(9-5-17)37(34,35)30-12-10-16(11-13-30)21-26-22-20(23(32)27-21)28-29-31(22)14-15-2-6-18(25)7-3-15/h2-9,16H,10-14H2,1H3,(H,26,27,32). The molecule has 1 saturated heterocycles. The Morgan fingerprint density at radius 1 is 1.11 bits per heavy atom. The molecule has 0 spiro atoms. The number of piperidine rings is 1. The smallest absolute Gasteiger partial charge is 0.337 e. The zero-order valence-electron chi connectivity index (χ0n) is 19.8. The highest BCUT2D eigenvalue weighted by molar-refractivity contribution is 7.89. The molecule has 5 rings (SSSR count). The van der Waals surface area contributed by atoms with Crippen LogP contribution in [-0.2, 0) is 21.3 Å². The number of methoxy groups -OCH3 is 1. The Morgan fingerprint density at radius 2 is 1.78 bits per heavy atom. The number of esters is 1. The van der Waals surface area contributed by atoms with Gasteiger partial charge in [-0.3, -0.25) is 4.79 Å². The van der Waals surface area contributed by atoms with Gasteiger partial charge in [-0.05, 0) is 54.8 Å². The molecule has 2 aromatic heterocycles. The average molecular weight is 527 g/mol. The lowest BCUT2D eigenvalue weighted by Crippen LogP contribution is -2.38. The zero-order valence-corrected chi connectivity index (χ0v) is 20.6. The van der Waals surface area contributed by atoms with E-state index in [9.17, 15) is 22.4 Å². The van der Waals surface area contributed by atoms with Gasteiger partial charge in [-0.25, -0.2) is 27.3 Å². The summed E-state index contributed by atoms with van der Waals surface area (Å²) in [7, 11) is -2.50. The SMILES string of the molecule is COC(=O)c1ccc(S(=O)(=O)N2CCC(c3nc4c(nnn4Cc4ccc(F)cc4)c(=O)[nH]3)CC2)cc1. The number of fused-ring (bicyclic) bond motifs is 1. The van der Waals surface area contributed by atoms with Crippen molar-refractivity contribution in [2.75, 3.05) is 20.2 Å². The number of hydrogen-bond acceptors (Lipinski definition) is 8. The molecule has 0 unspecified atom stereocenters. The maximum Gasteiger partial charge on any atom is 0.337 e. The summed E-state index contributed by atoms with van der Waals surface area (Å²) in [5, 5.41) is 7.97. The Bertz CT molecular complexity index is 1610. The van der Waals surface area contributed by atoms with Crippen molar-refractivity contribution < 1.29 is 22.3 Å². The first-order valence-electron chi connectivity index (χ1n) is 11.5. The van der Waals surface area contributed by atoms with E-state index in [1.807, 2.05) is 0 Å². The maximum atomic E-state index is 13.2. The monoisotopic (exact) mass is 526 g/mol. The molecule has 1 N–H and O–H groups in total. The summed E-state index contributed by atoms with van der Waals surface area (Å²) in [6.45, 7) is 0.735. The Balaban J connectivity index is 1.33. The average Bonchev–Trinajstić information content (AvgIpc) is 3.32. The molecule has 37 heavy (non-hydrogen) atoms. The summed E-state index contributed by atoms with van der Waals surface area (Å²) in [5.74, 6) is -0.618. The molecule has 0 amide bonds. The number of ether oxygens (including phenoxy) is 1. The van der Waals surface area contributed by atoms with Crippen molar-refractivity contribution in [2.24, 2.45) is 0 Å². The van der Waals surface area contributed by atoms with Crippen LogP contribution < -0.4 is 5.56 Å². The van der Waals surface area contributed by atoms with Crippen molar-refractivity contribution in [2.45, 2.75) is 30.2 Å². The van der Waals surface area contributed by atoms with Gasteiger partial charge < -0.3 is 9.72 Å². The van der Waals surface area contributed by atoms with Crippen molar-refractivity contribution >= 4 is 27.2 Å². The summed E-state index contributed by atoms with van der Waals surface area (Å²) >= 11 is 0. The number of carbonyl (C=O) groups is 1. The molecule has 0 saturated carbocycles. The summed E-state index contributed by atoms with van der Waals surface area (Å²) in [4.78, 5) is 31.7. The van der Waals surface area contributed by atoms with E-state index in [2.05, 4.69) is 25.0 Å². The van der Waals surface area contributed by atoms with Crippen LogP contribution in [0.3, 0.4) is 0 Å². The number of rotatable bonds is 6. The Kier molecular flexibility index (Phi) is 6.56. The van der Waals surface area contributed by atoms with Crippen molar-refractivity contribution in [3.63, 3.8) is 0 Å². The highest BCUT2D eigenvalue weighted by atomic mass is 32.2. The van der Waals surface area contributed by atoms with E-state index < -0.39 is 21.6 Å². The summed E-state index contributed by atoms with van der Waals surface area (Å²) in [6, 6.07) is 11.5. The normalized spacial score (nSPS) is 15.2. The molecule has 13 heteroatoms. The van der Waals surface area contributed by atoms with Crippen molar-refractivity contribution in [1.29, 1.82) is 0 Å². The Morgan fingerprint density at radius 3 is 2.43 bits per heavy atom. The molecule has 4 aromatic rings. The van der Waals surface area contributed by atoms with Crippen molar-refractivity contribution in [3.05, 3.63) is 81.7 Å². The van der Waals surface area contributed by atoms with Crippen molar-refractivity contribution in [1.82, 2.24) is 29.3 Å². The first kappa shape index (κ1) is 24.7. The molecule has 11 nitrogen and oxygen atoms in total. The van der Waals surface area contributed by atoms with Gasteiger partial charge in [-0.15, -0.1) is 5.10 Å². The molecule has 1 aliphatic heterocycles. The van der Waals surface area contributed by atoms with Gasteiger partial charge in [0.15, 0.2) is 11.2 Å². The number of aromatic amines is 1. The van der Waals surface area contributed by atoms with Gasteiger partial charge in [0.2, 0.25) is 10.0 Å². The third-order valence-corrected chi connectivity index (χ3v) is 8.30. The van der Waals surface area contributed by atoms with Crippen LogP contribution in [0.1, 0.15) is 40.5 Å². The number of halogens is 1. The van der Waals surface area contributed by atoms with Crippen LogP contribution in [0.2, 0.25) is 0 Å². The lowest BCUT2D eigenvalue weighted by atomic mass is 9.97. The van der Waals surface area contributed by atoms with Gasteiger partial charge in [0, 0.05) is 19.0 Å². The van der Waals surface area contributed by atoms with Gasteiger partial charge in [-0.2, -0.15) is 4.31 Å². The van der Waals surface area contributed by atoms with Crippen LogP contribution >= 0.6 is 0 Å². The maximum absolute atomic E-state index is 13.2. The van der Waals surface area contributed by atoms with Gasteiger partial charge in [0.25, 0.3) is 5.56 Å². The molecular weight excluding hydrogens is 503 g/mol. The third kappa shape index (κ3) is 4.87. The highest BCUT2D eigenvalue weighted by Gasteiger charge is 2.31. The minimum atomic E-state index is -3.76. The first-order valence-corrected chi connectivity index (χ1v) is 13.0. The van der Waals surface area contributed by atoms with Crippen LogP contribution in [-0.4, -0.2) is 63.9 Å². The Labute approximate surface area is 210 Å². The number of H-pyrrole nitrogens is 1. The quantitative estimate of drug-likeness (QED) is 0.377. The fraction of sp³-hybridized carbons (Fsp3) is 0.292. The summed E-state index contributed by atoms with van der Waals surface area (Å²) in [5.41, 5.74) is 1.02. The second kappa shape index (κ2) is 9.82. The second-order valence-electron chi connectivity index (χ2n) is 8.69. The minimum Gasteiger partial charge on any atom is -0.465 e. The number of hydrogen-bond donors (Lipinski definition) is 1. The van der Waals surface area contributed by atoms with Gasteiger partial charge >= 0.3 is 5.97 Å². The fourth-order valence-electron chi connectivity index (χ4n) is 4.35. The minimum absolute atomic E-state index is 0.0855. The van der Waals surface area contributed by atoms with E-state index >= 15 is 0 Å². The van der Waals surface area contributed by atoms with Crippen LogP contribution in [0.15, 0.2) is 58.2 Å². The number of carbonyl (C=O) groups excluding carboxylic acids is 1. The van der Waals surface area contributed by atoms with Crippen LogP contribution in [0.25, 0.3) is 11.2 Å². The third-order valence-electron chi connectivity index (χ3n) is 6.39. The molecular formula is C24H23FN6O5S. The van der Waals surface area contributed by atoms with E-state index in [1.165, 1.54) is 52.5 Å². The van der Waals surface area contributed by atoms with E-state index in [0.29, 0.717) is 24.3 Å². The van der Waals surface area contributed by atoms with E-state index in [4.69, 9.17) is 0 Å². The number of benzene rings is 2. The lowest BCUT2D eigenvalue weighted by Gasteiger charge is -2.30. The Hall–Kier alpha value is -3.97. The van der Waals surface area contributed by atoms with Crippen molar-refractivity contribution in [3.8, 4) is 0 Å². The van der Waals surface area contributed by atoms with E-state index in [1.54, 1.807) is 12.1 Å². The number of sulfonamides is 1. The molecule has 2 aromatic carbocycles. The molecule has 1 aliphatic rings. The predicted molar refractivity (Wildman–Crippen MR) is 130 cm³/mol. The van der Waals surface area contributed by atoms with Gasteiger partial charge in [-0.1, -0.05) is 17.3 Å². The van der Waals surface area contributed by atoms with E-state index in [-0.39, 0.29) is 47.3 Å². The van der Waals surface area contributed by atoms with Crippen LogP contribution in [0.5, 0.6) is 0 Å². The molecule has 0 bridgehead atoms. The van der Waals surface area contributed by atoms with Crippen LogP contribution in [0, 0.1) is 5.82 Å². The zero-order chi connectivity index (χ0) is 26.2. The topological polar surface area (TPSA) is 140 Å². The molecule has 0 aliphatic carbocycles. The fourth-order valence-corrected chi connectivity index (χ4v) is 5.82. The highest BCUT2D eigenvalue weighted by Crippen LogP contribution is 2.29. The molecule has 0 radical (unpaired) electrons. The molecule has 3 heterocycles. The number of nitrogens with one attached hydrogen (secondary N) is 1. The number of aromatic nitrogens is 5. The lowest BCUT2D eigenvalue weighted by molar-refractivity contribution is 0.0600. The summed E-state index contributed by atoms with van der Waals surface area (Å²) in [6.07, 6.45) is 0.904. The largest absolute Gasteiger partial charge is 0.465 e. The number of nitrogens with zero attached hydrogens (tertiary/aromatic N) is 5. The van der Waals surface area contributed by atoms with Gasteiger partial charge in [0.05, 0.1) is 24.1 Å². The predicted octanol–water partition coefficient (Wildman–Crippen LogP) is 2.06.